The Morgan fingerprint density at radius 2 is 2.00 bits per heavy atom. The summed E-state index contributed by atoms with van der Waals surface area (Å²) in [5.74, 6) is 0.110. The van der Waals surface area contributed by atoms with Crippen molar-refractivity contribution in [1.29, 1.82) is 0 Å². The molecule has 6 heteroatoms. The summed E-state index contributed by atoms with van der Waals surface area (Å²) in [6.45, 7) is 4.45. The molecule has 0 bridgehead atoms. The number of likely N-dealkylation sites (tertiary alicyclic amines) is 1. The van der Waals surface area contributed by atoms with Gasteiger partial charge < -0.3 is 20.3 Å². The maximum Gasteiger partial charge on any atom is 0.409 e. The molecule has 2 N–H and O–H groups in total. The Morgan fingerprint density at radius 1 is 1.25 bits per heavy atom. The lowest BCUT2D eigenvalue weighted by molar-refractivity contribution is -0.124. The summed E-state index contributed by atoms with van der Waals surface area (Å²) in [7, 11) is 0. The monoisotopic (exact) mass is 283 g/mol. The second kappa shape index (κ2) is 7.47. The summed E-state index contributed by atoms with van der Waals surface area (Å²) in [5, 5.41) is 6.36. The minimum atomic E-state index is -0.244. The van der Waals surface area contributed by atoms with Crippen molar-refractivity contribution in [2.24, 2.45) is 0 Å². The van der Waals surface area contributed by atoms with E-state index in [-0.39, 0.29) is 24.1 Å². The standard InChI is InChI=1S/C14H25N3O3/c1-2-20-14(19)17-9-6-11(7-10-17)16-13(18)12-5-3-4-8-15-12/h11-12,15H,2-10H2,1H3,(H,16,18)/t12-/m0/s1. The third-order valence-corrected chi connectivity index (χ3v) is 3.99. The third-order valence-electron chi connectivity index (χ3n) is 3.99. The second-order valence-electron chi connectivity index (χ2n) is 5.47. The fourth-order valence-corrected chi connectivity index (χ4v) is 2.80. The average Bonchev–Trinajstić information content (AvgIpc) is 2.49. The van der Waals surface area contributed by atoms with Crippen LogP contribution >= 0.6 is 0 Å². The van der Waals surface area contributed by atoms with Crippen molar-refractivity contribution < 1.29 is 14.3 Å². The summed E-state index contributed by atoms with van der Waals surface area (Å²) in [6, 6.07) is 0.142. The zero-order valence-corrected chi connectivity index (χ0v) is 12.2. The first kappa shape index (κ1) is 15.1. The molecule has 2 fully saturated rings. The number of carbonyl (C=O) groups excluding carboxylic acids is 2. The third kappa shape index (κ3) is 4.10. The van der Waals surface area contributed by atoms with Crippen LogP contribution in [-0.4, -0.2) is 55.2 Å². The van der Waals surface area contributed by atoms with Gasteiger partial charge in [0.2, 0.25) is 5.91 Å². The summed E-state index contributed by atoms with van der Waals surface area (Å²) >= 11 is 0. The number of hydrogen-bond acceptors (Lipinski definition) is 4. The highest BCUT2D eigenvalue weighted by atomic mass is 16.6. The highest BCUT2D eigenvalue weighted by Gasteiger charge is 2.27. The van der Waals surface area contributed by atoms with Crippen LogP contribution in [0.4, 0.5) is 4.79 Å². The molecule has 0 unspecified atom stereocenters. The van der Waals surface area contributed by atoms with Crippen LogP contribution in [0.3, 0.4) is 0 Å². The summed E-state index contributed by atoms with van der Waals surface area (Å²) in [5.41, 5.74) is 0. The molecular formula is C14H25N3O3. The molecule has 0 radical (unpaired) electrons. The van der Waals surface area contributed by atoms with Gasteiger partial charge in [-0.1, -0.05) is 6.42 Å². The molecule has 2 aliphatic rings. The van der Waals surface area contributed by atoms with Crippen molar-refractivity contribution in [3.05, 3.63) is 0 Å². The Morgan fingerprint density at radius 3 is 2.60 bits per heavy atom. The molecule has 0 aromatic heterocycles. The number of piperidine rings is 2. The van der Waals surface area contributed by atoms with Crippen LogP contribution in [0, 0.1) is 0 Å². The van der Waals surface area contributed by atoms with E-state index < -0.39 is 0 Å². The summed E-state index contributed by atoms with van der Waals surface area (Å²) in [6.07, 6.45) is 4.56. The van der Waals surface area contributed by atoms with Crippen LogP contribution in [0.5, 0.6) is 0 Å². The van der Waals surface area contributed by atoms with Gasteiger partial charge in [-0.15, -0.1) is 0 Å². The number of nitrogens with one attached hydrogen (secondary N) is 2. The maximum absolute atomic E-state index is 12.1. The van der Waals surface area contributed by atoms with Gasteiger partial charge in [-0.25, -0.2) is 4.79 Å². The van der Waals surface area contributed by atoms with E-state index in [9.17, 15) is 9.59 Å². The molecule has 6 nitrogen and oxygen atoms in total. The predicted octanol–water partition coefficient (Wildman–Crippen LogP) is 0.866. The second-order valence-corrected chi connectivity index (χ2v) is 5.47. The number of carbonyl (C=O) groups is 2. The van der Waals surface area contributed by atoms with E-state index in [0.29, 0.717) is 19.7 Å². The van der Waals surface area contributed by atoms with Gasteiger partial charge in [-0.3, -0.25) is 4.79 Å². The molecule has 2 rings (SSSR count). The lowest BCUT2D eigenvalue weighted by atomic mass is 10.0. The molecule has 114 valence electrons. The van der Waals surface area contributed by atoms with E-state index >= 15 is 0 Å². The van der Waals surface area contributed by atoms with Crippen LogP contribution in [0.1, 0.15) is 39.0 Å². The smallest absolute Gasteiger partial charge is 0.409 e. The lowest BCUT2D eigenvalue weighted by Gasteiger charge is -2.33. The van der Waals surface area contributed by atoms with Crippen molar-refractivity contribution in [3.8, 4) is 0 Å². The molecule has 0 spiro atoms. The largest absolute Gasteiger partial charge is 0.450 e. The van der Waals surface area contributed by atoms with E-state index in [1.807, 2.05) is 6.92 Å². The zero-order chi connectivity index (χ0) is 14.4. The fraction of sp³-hybridized carbons (Fsp3) is 0.857. The Balaban J connectivity index is 1.71. The van der Waals surface area contributed by atoms with Gasteiger partial charge >= 0.3 is 6.09 Å². The molecule has 20 heavy (non-hydrogen) atoms. The van der Waals surface area contributed by atoms with E-state index in [2.05, 4.69) is 10.6 Å². The Bertz CT molecular complexity index is 335. The van der Waals surface area contributed by atoms with Crippen molar-refractivity contribution in [3.63, 3.8) is 0 Å². The Hall–Kier alpha value is -1.30. The van der Waals surface area contributed by atoms with Crippen molar-refractivity contribution in [2.75, 3.05) is 26.2 Å². The molecular weight excluding hydrogens is 258 g/mol. The van der Waals surface area contributed by atoms with Crippen LogP contribution in [0.15, 0.2) is 0 Å². The van der Waals surface area contributed by atoms with E-state index in [4.69, 9.17) is 4.74 Å². The number of amides is 2. The minimum absolute atomic E-state index is 0.0353. The van der Waals surface area contributed by atoms with E-state index in [0.717, 1.165) is 38.6 Å². The zero-order valence-electron chi connectivity index (χ0n) is 12.2. The quantitative estimate of drug-likeness (QED) is 0.806. The van der Waals surface area contributed by atoms with Crippen LogP contribution < -0.4 is 10.6 Å². The normalized spacial score (nSPS) is 24.2. The van der Waals surface area contributed by atoms with Gasteiger partial charge in [0, 0.05) is 19.1 Å². The van der Waals surface area contributed by atoms with E-state index in [1.165, 1.54) is 0 Å². The highest BCUT2D eigenvalue weighted by Crippen LogP contribution is 2.13. The lowest BCUT2D eigenvalue weighted by Crippen LogP contribution is -2.52. The van der Waals surface area contributed by atoms with E-state index in [1.54, 1.807) is 4.90 Å². The van der Waals surface area contributed by atoms with Gasteiger partial charge in [0.25, 0.3) is 0 Å². The highest BCUT2D eigenvalue weighted by molar-refractivity contribution is 5.82. The van der Waals surface area contributed by atoms with Gasteiger partial charge in [-0.2, -0.15) is 0 Å². The Labute approximate surface area is 120 Å². The molecule has 2 saturated heterocycles. The van der Waals surface area contributed by atoms with Crippen LogP contribution in [0.2, 0.25) is 0 Å². The molecule has 2 amide bonds. The summed E-state index contributed by atoms with van der Waals surface area (Å²) < 4.78 is 4.98. The molecule has 0 aromatic carbocycles. The maximum atomic E-state index is 12.1. The number of rotatable bonds is 3. The van der Waals surface area contributed by atoms with Crippen LogP contribution in [0.25, 0.3) is 0 Å². The molecule has 0 saturated carbocycles. The predicted molar refractivity (Wildman–Crippen MR) is 75.4 cm³/mol. The first-order valence-corrected chi connectivity index (χ1v) is 7.66. The van der Waals surface area contributed by atoms with Crippen LogP contribution in [-0.2, 0) is 9.53 Å². The topological polar surface area (TPSA) is 70.7 Å². The Kier molecular flexibility index (Phi) is 5.64. The SMILES string of the molecule is CCOC(=O)N1CCC(NC(=O)[C@@H]2CCCCN2)CC1. The van der Waals surface area contributed by atoms with Gasteiger partial charge in [0.15, 0.2) is 0 Å². The van der Waals surface area contributed by atoms with Gasteiger partial charge in [-0.05, 0) is 39.2 Å². The fourth-order valence-electron chi connectivity index (χ4n) is 2.80. The minimum Gasteiger partial charge on any atom is -0.450 e. The first-order valence-electron chi connectivity index (χ1n) is 7.66. The molecule has 0 aliphatic carbocycles. The van der Waals surface area contributed by atoms with Crippen molar-refractivity contribution in [1.82, 2.24) is 15.5 Å². The molecule has 0 aromatic rings. The van der Waals surface area contributed by atoms with Gasteiger partial charge in [0.1, 0.15) is 0 Å². The summed E-state index contributed by atoms with van der Waals surface area (Å²) in [4.78, 5) is 25.4. The first-order chi connectivity index (χ1) is 9.70. The van der Waals surface area contributed by atoms with Crippen molar-refractivity contribution in [2.45, 2.75) is 51.1 Å². The molecule has 2 aliphatic heterocycles. The number of hydrogen-bond donors (Lipinski definition) is 2. The average molecular weight is 283 g/mol. The number of ether oxygens (including phenoxy) is 1. The van der Waals surface area contributed by atoms with Crippen molar-refractivity contribution >= 4 is 12.0 Å². The number of nitrogens with zero attached hydrogens (tertiary/aromatic N) is 1. The molecule has 1 atom stereocenters. The molecule has 2 heterocycles. The van der Waals surface area contributed by atoms with Gasteiger partial charge in [0.05, 0.1) is 12.6 Å².